The summed E-state index contributed by atoms with van der Waals surface area (Å²) in [6.45, 7) is 3.79. The molecule has 1 heterocycles. The molecule has 144 valence electrons. The Balaban J connectivity index is 1.95. The number of hydrogen-bond donors (Lipinski definition) is 0. The molecule has 1 atom stereocenters. The summed E-state index contributed by atoms with van der Waals surface area (Å²) in [5.41, 5.74) is 1.56. The Morgan fingerprint density at radius 1 is 1.30 bits per heavy atom. The number of halogens is 1. The van der Waals surface area contributed by atoms with Crippen LogP contribution >= 0.6 is 35.1 Å². The number of ketones is 2. The van der Waals surface area contributed by atoms with Gasteiger partial charge in [0.25, 0.3) is 0 Å². The third-order valence-corrected chi connectivity index (χ3v) is 7.36. The van der Waals surface area contributed by atoms with E-state index in [1.807, 2.05) is 6.07 Å². The molecule has 0 spiro atoms. The van der Waals surface area contributed by atoms with Crippen LogP contribution in [0.4, 0.5) is 0 Å². The van der Waals surface area contributed by atoms with Crippen LogP contribution in [0.5, 0.6) is 0 Å². The predicted molar refractivity (Wildman–Crippen MR) is 110 cm³/mol. The Bertz CT molecular complexity index is 832. The van der Waals surface area contributed by atoms with Crippen molar-refractivity contribution in [3.8, 4) is 0 Å². The van der Waals surface area contributed by atoms with Crippen LogP contribution in [0.2, 0.25) is 5.02 Å². The molecule has 0 saturated carbocycles. The minimum absolute atomic E-state index is 0.171. The monoisotopic (exact) mass is 424 g/mol. The quantitative estimate of drug-likeness (QED) is 0.369. The molecule has 0 aromatic heterocycles. The number of carbonyl (C=O) groups is 3. The van der Waals surface area contributed by atoms with Gasteiger partial charge < -0.3 is 4.74 Å². The highest BCUT2D eigenvalue weighted by atomic mass is 35.5. The second kappa shape index (κ2) is 8.84. The number of benzene rings is 1. The molecule has 0 bridgehead atoms. The molecule has 4 nitrogen and oxygen atoms in total. The van der Waals surface area contributed by atoms with Gasteiger partial charge in [-0.1, -0.05) is 11.6 Å². The lowest BCUT2D eigenvalue weighted by Gasteiger charge is -2.21. The number of thioether (sulfide) groups is 2. The number of ether oxygens (including phenoxy) is 1. The Morgan fingerprint density at radius 2 is 2.07 bits per heavy atom. The van der Waals surface area contributed by atoms with E-state index in [9.17, 15) is 14.4 Å². The van der Waals surface area contributed by atoms with E-state index < -0.39 is 5.25 Å². The molecule has 0 amide bonds. The van der Waals surface area contributed by atoms with E-state index in [1.54, 1.807) is 31.7 Å². The van der Waals surface area contributed by atoms with E-state index in [2.05, 4.69) is 0 Å². The molecule has 3 rings (SSSR count). The van der Waals surface area contributed by atoms with Crippen molar-refractivity contribution in [1.82, 2.24) is 0 Å². The Kier molecular flexibility index (Phi) is 6.71. The first kappa shape index (κ1) is 20.5. The van der Waals surface area contributed by atoms with Crippen molar-refractivity contribution in [3.05, 3.63) is 38.8 Å². The van der Waals surface area contributed by atoms with Crippen LogP contribution in [0.3, 0.4) is 0 Å². The first-order valence-electron chi connectivity index (χ1n) is 9.02. The highest BCUT2D eigenvalue weighted by molar-refractivity contribution is 8.04. The number of fused-ring (bicyclic) bond motifs is 1. The fourth-order valence-corrected chi connectivity index (χ4v) is 5.90. The minimum Gasteiger partial charge on any atom is -0.465 e. The third-order valence-electron chi connectivity index (χ3n) is 4.58. The maximum Gasteiger partial charge on any atom is 0.319 e. The molecule has 1 aromatic carbocycles. The zero-order valence-corrected chi connectivity index (χ0v) is 17.7. The summed E-state index contributed by atoms with van der Waals surface area (Å²) in [5.74, 6) is 0.109. The molecule has 7 heteroatoms. The van der Waals surface area contributed by atoms with Crippen molar-refractivity contribution < 1.29 is 19.1 Å². The van der Waals surface area contributed by atoms with E-state index in [1.165, 1.54) is 11.8 Å². The number of Topliss-reactive ketones (excluding diaryl/α,β-unsaturated/α-hetero) is 2. The molecule has 1 unspecified atom stereocenters. The Hall–Kier alpha value is -1.24. The fourth-order valence-electron chi connectivity index (χ4n) is 3.25. The lowest BCUT2D eigenvalue weighted by molar-refractivity contribution is -0.142. The largest absolute Gasteiger partial charge is 0.465 e. The van der Waals surface area contributed by atoms with Crippen LogP contribution in [-0.2, 0) is 20.7 Å². The van der Waals surface area contributed by atoms with E-state index >= 15 is 0 Å². The Morgan fingerprint density at radius 3 is 2.81 bits per heavy atom. The summed E-state index contributed by atoms with van der Waals surface area (Å²) in [6.07, 6.45) is 2.47. The standard InChI is InChI=1S/C20H21ClO4S2/c1-3-25-20(24)11(2)27-16-6-4-5-14(22)17(16)19(23)13-7-8-15-12(18(13)21)9-10-26-15/h7-8,11H,3-6,9-10H2,1-2H3. The topological polar surface area (TPSA) is 60.4 Å². The highest BCUT2D eigenvalue weighted by Crippen LogP contribution is 2.40. The molecular formula is C20H21ClO4S2. The van der Waals surface area contributed by atoms with Gasteiger partial charge >= 0.3 is 5.97 Å². The van der Waals surface area contributed by atoms with E-state index in [0.29, 0.717) is 41.4 Å². The normalized spacial score (nSPS) is 17.7. The van der Waals surface area contributed by atoms with Crippen LogP contribution < -0.4 is 0 Å². The van der Waals surface area contributed by atoms with Gasteiger partial charge in [0.2, 0.25) is 0 Å². The average molecular weight is 425 g/mol. The van der Waals surface area contributed by atoms with Crippen molar-refractivity contribution in [2.24, 2.45) is 0 Å². The van der Waals surface area contributed by atoms with Crippen molar-refractivity contribution >= 4 is 52.7 Å². The van der Waals surface area contributed by atoms with Crippen LogP contribution in [0.15, 0.2) is 27.5 Å². The molecule has 1 aromatic rings. The lowest BCUT2D eigenvalue weighted by atomic mass is 9.91. The van der Waals surface area contributed by atoms with Gasteiger partial charge in [-0.3, -0.25) is 14.4 Å². The average Bonchev–Trinajstić information content (AvgIpc) is 3.11. The van der Waals surface area contributed by atoms with Crippen LogP contribution in [-0.4, -0.2) is 35.1 Å². The number of esters is 1. The fraction of sp³-hybridized carbons (Fsp3) is 0.450. The minimum atomic E-state index is -0.472. The summed E-state index contributed by atoms with van der Waals surface area (Å²) < 4.78 is 5.05. The van der Waals surface area contributed by atoms with Crippen molar-refractivity contribution in [1.29, 1.82) is 0 Å². The first-order chi connectivity index (χ1) is 12.9. The van der Waals surface area contributed by atoms with Crippen molar-refractivity contribution in [2.75, 3.05) is 12.4 Å². The highest BCUT2D eigenvalue weighted by Gasteiger charge is 2.32. The van der Waals surface area contributed by atoms with E-state index in [-0.39, 0.29) is 23.1 Å². The summed E-state index contributed by atoms with van der Waals surface area (Å²) in [5, 5.41) is -0.0169. The summed E-state index contributed by atoms with van der Waals surface area (Å²) >= 11 is 9.49. The van der Waals surface area contributed by atoms with E-state index in [0.717, 1.165) is 22.6 Å². The van der Waals surface area contributed by atoms with Gasteiger partial charge in [0.05, 0.1) is 17.2 Å². The van der Waals surface area contributed by atoms with Gasteiger partial charge in [0.1, 0.15) is 5.25 Å². The summed E-state index contributed by atoms with van der Waals surface area (Å²) in [6, 6.07) is 3.63. The van der Waals surface area contributed by atoms with Gasteiger partial charge in [0.15, 0.2) is 11.6 Å². The third kappa shape index (κ3) is 4.28. The molecule has 0 radical (unpaired) electrons. The predicted octanol–water partition coefficient (Wildman–Crippen LogP) is 4.86. The number of rotatable bonds is 6. The van der Waals surface area contributed by atoms with Crippen LogP contribution in [0, 0.1) is 0 Å². The summed E-state index contributed by atoms with van der Waals surface area (Å²) in [4.78, 5) is 39.5. The molecule has 1 aliphatic heterocycles. The number of hydrogen-bond acceptors (Lipinski definition) is 6. The molecule has 1 aliphatic carbocycles. The second-order valence-corrected chi connectivity index (χ2v) is 9.37. The number of allylic oxidation sites excluding steroid dienone is 2. The molecule has 0 saturated heterocycles. The molecule has 27 heavy (non-hydrogen) atoms. The molecule has 2 aliphatic rings. The van der Waals surface area contributed by atoms with Crippen LogP contribution in [0.25, 0.3) is 0 Å². The summed E-state index contributed by atoms with van der Waals surface area (Å²) in [7, 11) is 0. The van der Waals surface area contributed by atoms with Gasteiger partial charge in [-0.2, -0.15) is 0 Å². The smallest absolute Gasteiger partial charge is 0.319 e. The maximum absolute atomic E-state index is 13.2. The van der Waals surface area contributed by atoms with Gasteiger partial charge in [-0.05, 0) is 50.8 Å². The SMILES string of the molecule is CCOC(=O)C(C)SC1=C(C(=O)c2ccc3c(c2Cl)CCS3)C(=O)CCC1. The van der Waals surface area contributed by atoms with Crippen molar-refractivity contribution in [2.45, 2.75) is 49.7 Å². The molecular weight excluding hydrogens is 404 g/mol. The van der Waals surface area contributed by atoms with Gasteiger partial charge in [0, 0.05) is 27.5 Å². The van der Waals surface area contributed by atoms with Gasteiger partial charge in [-0.25, -0.2) is 0 Å². The molecule has 0 fully saturated rings. The molecule has 0 N–H and O–H groups in total. The van der Waals surface area contributed by atoms with E-state index in [4.69, 9.17) is 16.3 Å². The zero-order chi connectivity index (χ0) is 19.6. The van der Waals surface area contributed by atoms with Crippen molar-refractivity contribution in [3.63, 3.8) is 0 Å². The Labute approximate surface area is 172 Å². The van der Waals surface area contributed by atoms with Gasteiger partial charge in [-0.15, -0.1) is 23.5 Å². The number of carbonyl (C=O) groups excluding carboxylic acids is 3. The maximum atomic E-state index is 13.2. The zero-order valence-electron chi connectivity index (χ0n) is 15.3. The lowest BCUT2D eigenvalue weighted by Crippen LogP contribution is -2.22. The second-order valence-electron chi connectivity index (χ2n) is 6.42. The van der Waals surface area contributed by atoms with Crippen LogP contribution in [0.1, 0.15) is 49.0 Å². The first-order valence-corrected chi connectivity index (χ1v) is 11.3.